The minimum Gasteiger partial charge on any atom is -0.478 e. The van der Waals surface area contributed by atoms with Gasteiger partial charge < -0.3 is 5.11 Å². The molecule has 0 unspecified atom stereocenters. The maximum Gasteiger partial charge on any atom is 0.433 e. The number of aromatic nitrogens is 1. The van der Waals surface area contributed by atoms with Crippen LogP contribution >= 0.6 is 0 Å². The zero-order valence-electron chi connectivity index (χ0n) is 8.67. The van der Waals surface area contributed by atoms with Crippen LogP contribution in [0.4, 0.5) is 13.2 Å². The average Bonchev–Trinajstić information content (AvgIpc) is 2.15. The Morgan fingerprint density at radius 2 is 2.00 bits per heavy atom. The molecule has 88 valence electrons. The van der Waals surface area contributed by atoms with Gasteiger partial charge in [-0.2, -0.15) is 13.2 Å². The number of alkyl halides is 3. The lowest BCUT2D eigenvalue weighted by atomic mass is 9.98. The van der Waals surface area contributed by atoms with E-state index in [2.05, 4.69) is 4.98 Å². The maximum absolute atomic E-state index is 12.4. The molecule has 0 saturated heterocycles. The van der Waals surface area contributed by atoms with Crippen molar-refractivity contribution in [2.24, 2.45) is 0 Å². The van der Waals surface area contributed by atoms with Crippen molar-refractivity contribution in [3.63, 3.8) is 0 Å². The third-order valence-corrected chi connectivity index (χ3v) is 2.08. The fourth-order valence-corrected chi connectivity index (χ4v) is 1.28. The van der Waals surface area contributed by atoms with E-state index in [1.807, 2.05) is 0 Å². The molecule has 0 aliphatic heterocycles. The SMILES string of the molecule is CC(C)c1cc(C(F)(F)F)ncc1C(=O)O. The highest BCUT2D eigenvalue weighted by Crippen LogP contribution is 2.30. The van der Waals surface area contributed by atoms with Gasteiger partial charge in [-0.1, -0.05) is 13.8 Å². The Kier molecular flexibility index (Phi) is 3.21. The van der Waals surface area contributed by atoms with E-state index >= 15 is 0 Å². The van der Waals surface area contributed by atoms with Gasteiger partial charge in [-0.15, -0.1) is 0 Å². The van der Waals surface area contributed by atoms with E-state index in [0.29, 0.717) is 0 Å². The molecule has 6 heteroatoms. The van der Waals surface area contributed by atoms with E-state index in [1.54, 1.807) is 13.8 Å². The van der Waals surface area contributed by atoms with E-state index in [4.69, 9.17) is 5.11 Å². The monoisotopic (exact) mass is 233 g/mol. The summed E-state index contributed by atoms with van der Waals surface area (Å²) in [5.41, 5.74) is -1.13. The van der Waals surface area contributed by atoms with Gasteiger partial charge in [0.2, 0.25) is 0 Å². The van der Waals surface area contributed by atoms with Crippen molar-refractivity contribution in [1.82, 2.24) is 4.98 Å². The predicted octanol–water partition coefficient (Wildman–Crippen LogP) is 2.92. The van der Waals surface area contributed by atoms with Crippen LogP contribution in [0.2, 0.25) is 0 Å². The van der Waals surface area contributed by atoms with Crippen molar-refractivity contribution < 1.29 is 23.1 Å². The Balaban J connectivity index is 3.34. The Hall–Kier alpha value is -1.59. The van der Waals surface area contributed by atoms with Crippen molar-refractivity contribution in [3.05, 3.63) is 29.1 Å². The van der Waals surface area contributed by atoms with Crippen LogP contribution in [0.25, 0.3) is 0 Å². The first-order valence-corrected chi connectivity index (χ1v) is 4.54. The second kappa shape index (κ2) is 4.11. The van der Waals surface area contributed by atoms with Gasteiger partial charge in [-0.05, 0) is 17.5 Å². The van der Waals surface area contributed by atoms with Gasteiger partial charge in [-0.3, -0.25) is 4.98 Å². The summed E-state index contributed by atoms with van der Waals surface area (Å²) in [6.45, 7) is 3.25. The zero-order chi connectivity index (χ0) is 12.5. The second-order valence-corrected chi connectivity index (χ2v) is 3.61. The molecule has 1 aromatic rings. The van der Waals surface area contributed by atoms with Crippen LogP contribution < -0.4 is 0 Å². The maximum atomic E-state index is 12.4. The van der Waals surface area contributed by atoms with Crippen molar-refractivity contribution in [2.45, 2.75) is 25.9 Å². The number of pyridine rings is 1. The van der Waals surface area contributed by atoms with Gasteiger partial charge in [-0.25, -0.2) is 4.79 Å². The molecule has 1 rings (SSSR count). The first kappa shape index (κ1) is 12.5. The predicted molar refractivity (Wildman–Crippen MR) is 50.3 cm³/mol. The lowest BCUT2D eigenvalue weighted by Gasteiger charge is -2.12. The van der Waals surface area contributed by atoms with E-state index in [0.717, 1.165) is 12.3 Å². The fraction of sp³-hybridized carbons (Fsp3) is 0.400. The van der Waals surface area contributed by atoms with E-state index < -0.39 is 17.8 Å². The van der Waals surface area contributed by atoms with Crippen LogP contribution in [0.5, 0.6) is 0 Å². The van der Waals surface area contributed by atoms with Gasteiger partial charge >= 0.3 is 12.1 Å². The van der Waals surface area contributed by atoms with Gasteiger partial charge in [0.15, 0.2) is 0 Å². The molecule has 0 atom stereocenters. The molecule has 1 aromatic heterocycles. The third kappa shape index (κ3) is 2.50. The Labute approximate surface area is 89.9 Å². The molecule has 0 amide bonds. The molecule has 0 aliphatic rings. The molecule has 1 heterocycles. The lowest BCUT2D eigenvalue weighted by molar-refractivity contribution is -0.141. The number of aromatic carboxylic acids is 1. The summed E-state index contributed by atoms with van der Waals surface area (Å²) in [7, 11) is 0. The number of rotatable bonds is 2. The summed E-state index contributed by atoms with van der Waals surface area (Å²) in [6, 6.07) is 0.786. The van der Waals surface area contributed by atoms with Crippen molar-refractivity contribution in [1.29, 1.82) is 0 Å². The van der Waals surface area contributed by atoms with Gasteiger partial charge in [0.05, 0.1) is 5.56 Å². The highest BCUT2D eigenvalue weighted by molar-refractivity contribution is 5.89. The molecular weight excluding hydrogens is 223 g/mol. The standard InChI is InChI=1S/C10H10F3NO2/c1-5(2)6-3-8(10(11,12)13)14-4-7(6)9(15)16/h3-5H,1-2H3,(H,15,16). The quantitative estimate of drug-likeness (QED) is 0.854. The largest absolute Gasteiger partial charge is 0.478 e. The zero-order valence-corrected chi connectivity index (χ0v) is 8.67. The lowest BCUT2D eigenvalue weighted by Crippen LogP contribution is -2.12. The molecule has 0 aromatic carbocycles. The number of nitrogens with zero attached hydrogens (tertiary/aromatic N) is 1. The molecule has 16 heavy (non-hydrogen) atoms. The van der Waals surface area contributed by atoms with Crippen molar-refractivity contribution >= 4 is 5.97 Å². The summed E-state index contributed by atoms with van der Waals surface area (Å²) in [4.78, 5) is 13.9. The van der Waals surface area contributed by atoms with Gasteiger partial charge in [0, 0.05) is 6.20 Å². The van der Waals surface area contributed by atoms with Crippen molar-refractivity contribution in [2.75, 3.05) is 0 Å². The van der Waals surface area contributed by atoms with Crippen LogP contribution in [0.1, 0.15) is 41.4 Å². The summed E-state index contributed by atoms with van der Waals surface area (Å²) < 4.78 is 37.1. The second-order valence-electron chi connectivity index (χ2n) is 3.61. The summed E-state index contributed by atoms with van der Waals surface area (Å²) in [6.07, 6.45) is -3.80. The summed E-state index contributed by atoms with van der Waals surface area (Å²) in [5.74, 6) is -1.58. The number of carbonyl (C=O) groups is 1. The highest BCUT2D eigenvalue weighted by Gasteiger charge is 2.33. The average molecular weight is 233 g/mol. The first-order chi connectivity index (χ1) is 7.23. The van der Waals surface area contributed by atoms with E-state index in [9.17, 15) is 18.0 Å². The topological polar surface area (TPSA) is 50.2 Å². The molecule has 0 aliphatic carbocycles. The molecule has 0 spiro atoms. The van der Waals surface area contributed by atoms with E-state index in [1.165, 1.54) is 0 Å². The number of hydrogen-bond acceptors (Lipinski definition) is 2. The number of carboxylic acids is 1. The molecule has 0 bridgehead atoms. The third-order valence-electron chi connectivity index (χ3n) is 2.08. The van der Waals surface area contributed by atoms with Gasteiger partial charge in [0.25, 0.3) is 0 Å². The normalized spacial score (nSPS) is 11.9. The highest BCUT2D eigenvalue weighted by atomic mass is 19.4. The van der Waals surface area contributed by atoms with Crippen LogP contribution in [0, 0.1) is 0 Å². The Bertz CT molecular complexity index is 413. The molecule has 0 radical (unpaired) electrons. The number of halogens is 3. The van der Waals surface area contributed by atoms with Crippen LogP contribution in [-0.4, -0.2) is 16.1 Å². The Morgan fingerprint density at radius 3 is 2.38 bits per heavy atom. The van der Waals surface area contributed by atoms with E-state index in [-0.39, 0.29) is 17.0 Å². The fourth-order valence-electron chi connectivity index (χ4n) is 1.28. The summed E-state index contributed by atoms with van der Waals surface area (Å²) >= 11 is 0. The first-order valence-electron chi connectivity index (χ1n) is 4.54. The van der Waals surface area contributed by atoms with Crippen LogP contribution in [0.3, 0.4) is 0 Å². The van der Waals surface area contributed by atoms with Crippen LogP contribution in [0.15, 0.2) is 12.3 Å². The number of hydrogen-bond donors (Lipinski definition) is 1. The summed E-state index contributed by atoms with van der Waals surface area (Å²) in [5, 5.41) is 8.79. The molecular formula is C10H10F3NO2. The molecule has 0 fully saturated rings. The number of carboxylic acid groups (broad SMARTS) is 1. The molecule has 3 nitrogen and oxygen atoms in total. The van der Waals surface area contributed by atoms with Gasteiger partial charge in [0.1, 0.15) is 5.69 Å². The van der Waals surface area contributed by atoms with Crippen LogP contribution in [-0.2, 0) is 6.18 Å². The minimum absolute atomic E-state index is 0.134. The minimum atomic E-state index is -4.55. The molecule has 0 saturated carbocycles. The van der Waals surface area contributed by atoms with Crippen molar-refractivity contribution in [3.8, 4) is 0 Å². The Morgan fingerprint density at radius 1 is 1.44 bits per heavy atom. The molecule has 1 N–H and O–H groups in total. The smallest absolute Gasteiger partial charge is 0.433 e.